The van der Waals surface area contributed by atoms with E-state index in [1.165, 1.54) is 16.8 Å². The lowest BCUT2D eigenvalue weighted by Gasteiger charge is -2.29. The number of fused-ring (bicyclic) bond motifs is 1. The van der Waals surface area contributed by atoms with Crippen molar-refractivity contribution in [1.29, 1.82) is 0 Å². The van der Waals surface area contributed by atoms with Crippen molar-refractivity contribution in [2.24, 2.45) is 5.92 Å². The van der Waals surface area contributed by atoms with E-state index in [0.29, 0.717) is 11.9 Å². The number of nitrogens with one attached hydrogen (secondary N) is 1. The number of tetrazole rings is 1. The Hall–Kier alpha value is -1.69. The van der Waals surface area contributed by atoms with Gasteiger partial charge in [0, 0.05) is 10.2 Å². The number of allylic oxidation sites excluding steroid dienone is 2. The number of halogens is 1. The van der Waals surface area contributed by atoms with E-state index < -0.39 is 0 Å². The van der Waals surface area contributed by atoms with Gasteiger partial charge in [-0.2, -0.15) is 4.68 Å². The molecule has 1 aliphatic rings. The SMILES string of the molecule is CC1=C(C(C)C)Nc2nnnn2C1c1ccc(Br)cc1. The summed E-state index contributed by atoms with van der Waals surface area (Å²) in [6, 6.07) is 8.35. The Bertz CT molecular complexity index is 656. The minimum Gasteiger partial charge on any atom is -0.326 e. The molecule has 0 bridgehead atoms. The summed E-state index contributed by atoms with van der Waals surface area (Å²) in [5.41, 5.74) is 3.63. The largest absolute Gasteiger partial charge is 0.326 e. The van der Waals surface area contributed by atoms with Gasteiger partial charge in [-0.05, 0) is 46.5 Å². The first-order valence-electron chi connectivity index (χ1n) is 6.59. The van der Waals surface area contributed by atoms with E-state index in [1.54, 1.807) is 0 Å². The standard InChI is InChI=1S/C14H16BrN5/c1-8(2)12-9(3)13(10-4-6-11(15)7-5-10)20-14(16-12)17-18-19-20/h4-8,13H,1-3H3,(H,16,17,19). The second kappa shape index (κ2) is 5.01. The number of rotatable bonds is 2. The summed E-state index contributed by atoms with van der Waals surface area (Å²) < 4.78 is 2.91. The highest BCUT2D eigenvalue weighted by molar-refractivity contribution is 9.10. The van der Waals surface area contributed by atoms with E-state index in [-0.39, 0.29) is 6.04 Å². The van der Waals surface area contributed by atoms with Crippen LogP contribution in [0.4, 0.5) is 5.95 Å². The molecule has 0 fully saturated rings. The molecule has 0 saturated heterocycles. The lowest BCUT2D eigenvalue weighted by atomic mass is 9.93. The normalized spacial score (nSPS) is 18.1. The molecule has 1 aliphatic heterocycles. The van der Waals surface area contributed by atoms with E-state index in [9.17, 15) is 0 Å². The van der Waals surface area contributed by atoms with Crippen molar-refractivity contribution >= 4 is 21.9 Å². The summed E-state index contributed by atoms with van der Waals surface area (Å²) in [5, 5.41) is 15.3. The van der Waals surface area contributed by atoms with E-state index >= 15 is 0 Å². The lowest BCUT2D eigenvalue weighted by molar-refractivity contribution is 0.541. The average Bonchev–Trinajstić information content (AvgIpc) is 2.87. The highest BCUT2D eigenvalue weighted by Crippen LogP contribution is 2.36. The van der Waals surface area contributed by atoms with Crippen LogP contribution in [-0.2, 0) is 0 Å². The Morgan fingerprint density at radius 1 is 1.25 bits per heavy atom. The summed E-state index contributed by atoms with van der Waals surface area (Å²) in [4.78, 5) is 0. The van der Waals surface area contributed by atoms with Crippen LogP contribution in [0.15, 0.2) is 40.0 Å². The molecule has 0 spiro atoms. The maximum absolute atomic E-state index is 4.13. The van der Waals surface area contributed by atoms with Crippen molar-refractivity contribution in [2.45, 2.75) is 26.8 Å². The van der Waals surface area contributed by atoms with Gasteiger partial charge < -0.3 is 5.32 Å². The molecular weight excluding hydrogens is 318 g/mol. The van der Waals surface area contributed by atoms with Crippen LogP contribution in [0.3, 0.4) is 0 Å². The van der Waals surface area contributed by atoms with Crippen molar-refractivity contribution in [3.63, 3.8) is 0 Å². The molecule has 0 aliphatic carbocycles. The zero-order valence-corrected chi connectivity index (χ0v) is 13.2. The van der Waals surface area contributed by atoms with Gasteiger partial charge in [-0.1, -0.05) is 47.0 Å². The fourth-order valence-electron chi connectivity index (χ4n) is 2.64. The second-order valence-corrected chi connectivity index (χ2v) is 6.19. The number of benzene rings is 1. The van der Waals surface area contributed by atoms with Crippen LogP contribution < -0.4 is 5.32 Å². The molecule has 1 aromatic heterocycles. The van der Waals surface area contributed by atoms with E-state index in [1.807, 2.05) is 16.8 Å². The molecule has 1 unspecified atom stereocenters. The summed E-state index contributed by atoms with van der Waals surface area (Å²) in [7, 11) is 0. The molecule has 20 heavy (non-hydrogen) atoms. The molecule has 5 nitrogen and oxygen atoms in total. The van der Waals surface area contributed by atoms with E-state index in [4.69, 9.17) is 0 Å². The summed E-state index contributed by atoms with van der Waals surface area (Å²) in [6.07, 6.45) is 0. The predicted octanol–water partition coefficient (Wildman–Crippen LogP) is 3.38. The third-order valence-electron chi connectivity index (χ3n) is 3.58. The Kier molecular flexibility index (Phi) is 3.33. The number of anilines is 1. The van der Waals surface area contributed by atoms with Crippen LogP contribution in [0.25, 0.3) is 0 Å². The maximum Gasteiger partial charge on any atom is 0.248 e. The first kappa shape index (κ1) is 13.3. The van der Waals surface area contributed by atoms with Crippen LogP contribution in [0.2, 0.25) is 0 Å². The van der Waals surface area contributed by atoms with Crippen molar-refractivity contribution in [3.8, 4) is 0 Å². The minimum atomic E-state index is 0.0479. The van der Waals surface area contributed by atoms with Gasteiger partial charge >= 0.3 is 0 Å². The fraction of sp³-hybridized carbons (Fsp3) is 0.357. The molecule has 0 saturated carbocycles. The van der Waals surface area contributed by atoms with Crippen molar-refractivity contribution in [1.82, 2.24) is 20.2 Å². The number of hydrogen-bond donors (Lipinski definition) is 1. The lowest BCUT2D eigenvalue weighted by Crippen LogP contribution is -2.26. The zero-order chi connectivity index (χ0) is 14.3. The molecule has 2 heterocycles. The second-order valence-electron chi connectivity index (χ2n) is 5.28. The van der Waals surface area contributed by atoms with Crippen LogP contribution in [0.1, 0.15) is 32.4 Å². The van der Waals surface area contributed by atoms with Crippen molar-refractivity contribution in [2.75, 3.05) is 5.32 Å². The van der Waals surface area contributed by atoms with Crippen LogP contribution >= 0.6 is 15.9 Å². The molecule has 2 aromatic rings. The van der Waals surface area contributed by atoms with Gasteiger partial charge in [-0.15, -0.1) is 0 Å². The van der Waals surface area contributed by atoms with Gasteiger partial charge in [0.2, 0.25) is 5.95 Å². The molecule has 104 valence electrons. The maximum atomic E-state index is 4.13. The van der Waals surface area contributed by atoms with E-state index in [2.05, 4.69) is 69.7 Å². The molecule has 1 N–H and O–H groups in total. The topological polar surface area (TPSA) is 55.6 Å². The third-order valence-corrected chi connectivity index (χ3v) is 4.11. The number of nitrogens with zero attached hydrogens (tertiary/aromatic N) is 4. The van der Waals surface area contributed by atoms with Crippen LogP contribution in [0, 0.1) is 5.92 Å². The molecule has 6 heteroatoms. The summed E-state index contributed by atoms with van der Waals surface area (Å²) >= 11 is 3.47. The Labute approximate surface area is 126 Å². The highest BCUT2D eigenvalue weighted by atomic mass is 79.9. The zero-order valence-electron chi connectivity index (χ0n) is 11.6. The molecular formula is C14H16BrN5. The van der Waals surface area contributed by atoms with Gasteiger partial charge in [-0.3, -0.25) is 0 Å². The smallest absolute Gasteiger partial charge is 0.248 e. The minimum absolute atomic E-state index is 0.0479. The molecule has 3 rings (SSSR count). The van der Waals surface area contributed by atoms with Crippen LogP contribution in [0.5, 0.6) is 0 Å². The Morgan fingerprint density at radius 3 is 2.60 bits per heavy atom. The average molecular weight is 334 g/mol. The first-order valence-corrected chi connectivity index (χ1v) is 7.38. The van der Waals surface area contributed by atoms with Gasteiger partial charge in [0.1, 0.15) is 6.04 Å². The first-order chi connectivity index (χ1) is 9.58. The van der Waals surface area contributed by atoms with Gasteiger partial charge in [0.25, 0.3) is 0 Å². The fourth-order valence-corrected chi connectivity index (χ4v) is 2.90. The number of hydrogen-bond acceptors (Lipinski definition) is 4. The Balaban J connectivity index is 2.14. The summed E-state index contributed by atoms with van der Waals surface area (Å²) in [6.45, 7) is 6.48. The monoisotopic (exact) mass is 333 g/mol. The van der Waals surface area contributed by atoms with Gasteiger partial charge in [0.15, 0.2) is 0 Å². The highest BCUT2D eigenvalue weighted by Gasteiger charge is 2.29. The van der Waals surface area contributed by atoms with Crippen molar-refractivity contribution < 1.29 is 0 Å². The van der Waals surface area contributed by atoms with E-state index in [0.717, 1.165) is 4.47 Å². The predicted molar refractivity (Wildman–Crippen MR) is 81.3 cm³/mol. The summed E-state index contributed by atoms with van der Waals surface area (Å²) in [5.74, 6) is 1.10. The third kappa shape index (κ3) is 2.14. The Morgan fingerprint density at radius 2 is 1.95 bits per heavy atom. The van der Waals surface area contributed by atoms with Gasteiger partial charge in [-0.25, -0.2) is 0 Å². The van der Waals surface area contributed by atoms with Crippen LogP contribution in [-0.4, -0.2) is 20.2 Å². The number of aromatic nitrogens is 4. The molecule has 1 atom stereocenters. The molecule has 1 aromatic carbocycles. The quantitative estimate of drug-likeness (QED) is 0.915. The van der Waals surface area contributed by atoms with Gasteiger partial charge in [0.05, 0.1) is 0 Å². The van der Waals surface area contributed by atoms with Crippen molar-refractivity contribution in [3.05, 3.63) is 45.6 Å². The molecule has 0 radical (unpaired) electrons. The molecule has 0 amide bonds.